The van der Waals surface area contributed by atoms with Crippen LogP contribution in [0.25, 0.3) is 0 Å². The molecule has 1 aromatic heterocycles. The van der Waals surface area contributed by atoms with Crippen LogP contribution >= 0.6 is 12.4 Å². The van der Waals surface area contributed by atoms with E-state index in [-0.39, 0.29) is 12.4 Å². The zero-order valence-electron chi connectivity index (χ0n) is 9.18. The summed E-state index contributed by atoms with van der Waals surface area (Å²) in [6.07, 6.45) is 3.04. The fourth-order valence-corrected chi connectivity index (χ4v) is 1.50. The Kier molecular flexibility index (Phi) is 4.92. The van der Waals surface area contributed by atoms with Gasteiger partial charge in [0.1, 0.15) is 5.82 Å². The van der Waals surface area contributed by atoms with Crippen LogP contribution in [0.4, 0.5) is 0 Å². The molecule has 1 N–H and O–H groups in total. The van der Waals surface area contributed by atoms with Crippen LogP contribution in [-0.4, -0.2) is 20.6 Å². The summed E-state index contributed by atoms with van der Waals surface area (Å²) in [5.74, 6) is 0.863. The van der Waals surface area contributed by atoms with Crippen LogP contribution in [0, 0.1) is 6.92 Å². The predicted molar refractivity (Wildman–Crippen MR) is 64.6 cm³/mol. The molecule has 1 aromatic carbocycles. The summed E-state index contributed by atoms with van der Waals surface area (Å²) in [5.41, 5.74) is 2.67. The molecule has 16 heavy (non-hydrogen) atoms. The fraction of sp³-hybridized carbons (Fsp3) is 0.364. The third-order valence-electron chi connectivity index (χ3n) is 2.39. The first-order chi connectivity index (χ1) is 7.34. The minimum atomic E-state index is 0. The van der Waals surface area contributed by atoms with Gasteiger partial charge in [-0.3, -0.25) is 0 Å². The maximum atomic E-state index is 3.84. The molecule has 1 heterocycles. The second kappa shape index (κ2) is 6.23. The van der Waals surface area contributed by atoms with Gasteiger partial charge in [-0.15, -0.1) is 17.5 Å². The first-order valence-corrected chi connectivity index (χ1v) is 5.13. The average molecular weight is 239 g/mol. The van der Waals surface area contributed by atoms with Crippen LogP contribution in [-0.2, 0) is 12.8 Å². The van der Waals surface area contributed by atoms with E-state index in [0.717, 1.165) is 25.1 Å². The maximum Gasteiger partial charge on any atom is 0.148 e. The molecular formula is C11H15ClN4. The number of hydrogen-bond donors (Lipinski definition) is 1. The topological polar surface area (TPSA) is 54.5 Å². The number of benzene rings is 1. The number of hydrogen-bond acceptors (Lipinski definition) is 3. The highest BCUT2D eigenvalue weighted by Gasteiger charge is 1.97. The molecule has 0 amide bonds. The quantitative estimate of drug-likeness (QED) is 0.888. The molecule has 0 aliphatic heterocycles. The Bertz CT molecular complexity index is 396. The van der Waals surface area contributed by atoms with E-state index in [1.165, 1.54) is 11.1 Å². The van der Waals surface area contributed by atoms with Crippen LogP contribution in [0.3, 0.4) is 0 Å². The highest BCUT2D eigenvalue weighted by Crippen LogP contribution is 2.07. The van der Waals surface area contributed by atoms with Crippen molar-refractivity contribution >= 4 is 12.4 Å². The monoisotopic (exact) mass is 238 g/mol. The van der Waals surface area contributed by atoms with E-state index in [1.54, 1.807) is 0 Å². The van der Waals surface area contributed by atoms with E-state index in [1.807, 2.05) is 0 Å². The molecule has 2 rings (SSSR count). The second-order valence-corrected chi connectivity index (χ2v) is 3.69. The number of halogens is 1. The van der Waals surface area contributed by atoms with Gasteiger partial charge in [-0.2, -0.15) is 0 Å². The third kappa shape index (κ3) is 3.62. The van der Waals surface area contributed by atoms with Gasteiger partial charge in [-0.25, -0.2) is 5.10 Å². The first kappa shape index (κ1) is 12.6. The van der Waals surface area contributed by atoms with Crippen molar-refractivity contribution in [3.8, 4) is 0 Å². The number of H-pyrrole nitrogens is 1. The molecule has 0 saturated heterocycles. The van der Waals surface area contributed by atoms with Gasteiger partial charge in [-0.1, -0.05) is 29.8 Å². The summed E-state index contributed by atoms with van der Waals surface area (Å²) in [5, 5.41) is 13.7. The summed E-state index contributed by atoms with van der Waals surface area (Å²) < 4.78 is 0. The Balaban J connectivity index is 0.00000128. The molecule has 0 radical (unpaired) electrons. The fourth-order valence-electron chi connectivity index (χ4n) is 1.50. The number of rotatable bonds is 4. The Morgan fingerprint density at radius 2 is 1.88 bits per heavy atom. The van der Waals surface area contributed by atoms with E-state index in [4.69, 9.17) is 0 Å². The lowest BCUT2D eigenvalue weighted by Crippen LogP contribution is -1.92. The highest BCUT2D eigenvalue weighted by molar-refractivity contribution is 5.85. The molecule has 0 spiro atoms. The number of tetrazole rings is 1. The van der Waals surface area contributed by atoms with Crippen LogP contribution in [0.15, 0.2) is 24.3 Å². The van der Waals surface area contributed by atoms with E-state index < -0.39 is 0 Å². The Morgan fingerprint density at radius 3 is 2.50 bits per heavy atom. The van der Waals surface area contributed by atoms with Crippen molar-refractivity contribution < 1.29 is 0 Å². The summed E-state index contributed by atoms with van der Waals surface area (Å²) in [6.45, 7) is 2.10. The molecule has 0 atom stereocenters. The molecule has 2 aromatic rings. The lowest BCUT2D eigenvalue weighted by molar-refractivity contribution is 0.773. The van der Waals surface area contributed by atoms with Gasteiger partial charge in [-0.05, 0) is 35.8 Å². The minimum absolute atomic E-state index is 0. The molecular weight excluding hydrogens is 224 g/mol. The van der Waals surface area contributed by atoms with E-state index in [9.17, 15) is 0 Å². The number of aromatic amines is 1. The van der Waals surface area contributed by atoms with Crippen molar-refractivity contribution in [3.05, 3.63) is 41.2 Å². The lowest BCUT2D eigenvalue weighted by Gasteiger charge is -2.00. The summed E-state index contributed by atoms with van der Waals surface area (Å²) in [6, 6.07) is 8.64. The van der Waals surface area contributed by atoms with E-state index >= 15 is 0 Å². The SMILES string of the molecule is Cc1ccc(CCCc2nnn[nH]2)cc1.Cl. The summed E-state index contributed by atoms with van der Waals surface area (Å²) in [7, 11) is 0. The van der Waals surface area contributed by atoms with Crippen LogP contribution in [0.5, 0.6) is 0 Å². The molecule has 4 nitrogen and oxygen atoms in total. The molecule has 5 heteroatoms. The molecule has 0 aliphatic carbocycles. The molecule has 86 valence electrons. The Morgan fingerprint density at radius 1 is 1.12 bits per heavy atom. The number of aryl methyl sites for hydroxylation is 3. The lowest BCUT2D eigenvalue weighted by atomic mass is 10.1. The van der Waals surface area contributed by atoms with Gasteiger partial charge >= 0.3 is 0 Å². The Labute approximate surface area is 101 Å². The number of aromatic nitrogens is 4. The van der Waals surface area contributed by atoms with Gasteiger partial charge < -0.3 is 0 Å². The van der Waals surface area contributed by atoms with Crippen molar-refractivity contribution in [2.45, 2.75) is 26.2 Å². The Hall–Kier alpha value is -1.42. The molecule has 0 aliphatic rings. The van der Waals surface area contributed by atoms with E-state index in [0.29, 0.717) is 0 Å². The number of nitrogens with one attached hydrogen (secondary N) is 1. The highest BCUT2D eigenvalue weighted by atomic mass is 35.5. The second-order valence-electron chi connectivity index (χ2n) is 3.69. The van der Waals surface area contributed by atoms with Crippen molar-refractivity contribution in [1.29, 1.82) is 0 Å². The number of nitrogens with zero attached hydrogens (tertiary/aromatic N) is 3. The third-order valence-corrected chi connectivity index (χ3v) is 2.39. The minimum Gasteiger partial charge on any atom is -0.243 e. The average Bonchev–Trinajstić information content (AvgIpc) is 2.74. The zero-order chi connectivity index (χ0) is 10.5. The largest absolute Gasteiger partial charge is 0.243 e. The van der Waals surface area contributed by atoms with Crippen molar-refractivity contribution in [2.24, 2.45) is 0 Å². The normalized spacial score (nSPS) is 9.81. The van der Waals surface area contributed by atoms with Crippen LogP contribution < -0.4 is 0 Å². The van der Waals surface area contributed by atoms with Gasteiger partial charge in [0.05, 0.1) is 0 Å². The smallest absolute Gasteiger partial charge is 0.148 e. The summed E-state index contributed by atoms with van der Waals surface area (Å²) >= 11 is 0. The van der Waals surface area contributed by atoms with Gasteiger partial charge in [0.2, 0.25) is 0 Å². The first-order valence-electron chi connectivity index (χ1n) is 5.13. The molecule has 0 fully saturated rings. The predicted octanol–water partition coefficient (Wildman–Crippen LogP) is 2.11. The van der Waals surface area contributed by atoms with Crippen LogP contribution in [0.1, 0.15) is 23.4 Å². The van der Waals surface area contributed by atoms with Gasteiger partial charge in [0.25, 0.3) is 0 Å². The zero-order valence-corrected chi connectivity index (χ0v) is 10.00. The molecule has 0 bridgehead atoms. The standard InChI is InChI=1S/C11H14N4.ClH/c1-9-5-7-10(8-6-9)3-2-4-11-12-14-15-13-11;/h5-8H,2-4H2,1H3,(H,12,13,14,15);1H. The van der Waals surface area contributed by atoms with Crippen molar-refractivity contribution in [3.63, 3.8) is 0 Å². The maximum absolute atomic E-state index is 3.84. The van der Waals surface area contributed by atoms with Crippen molar-refractivity contribution in [1.82, 2.24) is 20.6 Å². The van der Waals surface area contributed by atoms with Gasteiger partial charge in [0.15, 0.2) is 0 Å². The molecule has 0 saturated carbocycles. The summed E-state index contributed by atoms with van der Waals surface area (Å²) in [4.78, 5) is 0. The molecule has 0 unspecified atom stereocenters. The van der Waals surface area contributed by atoms with Gasteiger partial charge in [0, 0.05) is 6.42 Å². The van der Waals surface area contributed by atoms with Crippen molar-refractivity contribution in [2.75, 3.05) is 0 Å². The van der Waals surface area contributed by atoms with E-state index in [2.05, 4.69) is 51.8 Å². The van der Waals surface area contributed by atoms with Crippen LogP contribution in [0.2, 0.25) is 0 Å².